The molecule has 150 valence electrons. The van der Waals surface area contributed by atoms with E-state index in [-0.39, 0.29) is 5.78 Å². The maximum atomic E-state index is 12.9. The van der Waals surface area contributed by atoms with E-state index < -0.39 is 6.09 Å². The number of carbonyl (C=O) groups is 2. The second-order valence-corrected chi connectivity index (χ2v) is 7.15. The summed E-state index contributed by atoms with van der Waals surface area (Å²) in [4.78, 5) is 31.6. The molecule has 1 aromatic heterocycles. The van der Waals surface area contributed by atoms with Crippen LogP contribution in [0.25, 0.3) is 33.2 Å². The summed E-state index contributed by atoms with van der Waals surface area (Å²) in [5.41, 5.74) is 8.58. The number of primary amides is 1. The molecular weight excluding hydrogens is 390 g/mol. The summed E-state index contributed by atoms with van der Waals surface area (Å²) in [6, 6.07) is 26.0. The molecule has 0 aliphatic rings. The molecule has 0 atom stereocenters. The van der Waals surface area contributed by atoms with Gasteiger partial charge in [-0.2, -0.15) is 0 Å². The number of hydrogen-bond acceptors (Lipinski definition) is 4. The van der Waals surface area contributed by atoms with Crippen LogP contribution in [-0.2, 0) is 0 Å². The molecule has 0 radical (unpaired) electrons. The molecule has 1 amide bonds. The minimum Gasteiger partial charge on any atom is -0.410 e. The van der Waals surface area contributed by atoms with E-state index in [0.29, 0.717) is 28.2 Å². The number of carbonyl (C=O) groups excluding carboxylic acids is 2. The van der Waals surface area contributed by atoms with E-state index in [2.05, 4.69) is 9.97 Å². The number of nitrogens with one attached hydrogen (secondary N) is 1. The van der Waals surface area contributed by atoms with Crippen molar-refractivity contribution in [1.82, 2.24) is 9.97 Å². The third-order valence-corrected chi connectivity index (χ3v) is 5.11. The van der Waals surface area contributed by atoms with Gasteiger partial charge in [0, 0.05) is 22.8 Å². The van der Waals surface area contributed by atoms with Crippen LogP contribution in [0.2, 0.25) is 0 Å². The quantitative estimate of drug-likeness (QED) is 0.406. The average Bonchev–Trinajstić information content (AvgIpc) is 3.21. The molecule has 3 N–H and O–H groups in total. The maximum Gasteiger partial charge on any atom is 0.409 e. The van der Waals surface area contributed by atoms with Gasteiger partial charge in [-0.1, -0.05) is 60.7 Å². The van der Waals surface area contributed by atoms with Gasteiger partial charge in [-0.25, -0.2) is 9.78 Å². The van der Waals surface area contributed by atoms with Crippen LogP contribution in [0.3, 0.4) is 0 Å². The van der Waals surface area contributed by atoms with Crippen LogP contribution in [0, 0.1) is 0 Å². The van der Waals surface area contributed by atoms with Gasteiger partial charge in [0.05, 0.1) is 11.0 Å². The van der Waals surface area contributed by atoms with Crippen molar-refractivity contribution in [2.45, 2.75) is 0 Å². The van der Waals surface area contributed by atoms with Crippen molar-refractivity contribution in [3.8, 4) is 17.1 Å². The Morgan fingerprint density at radius 2 is 1.55 bits per heavy atom. The number of benzene rings is 4. The predicted octanol–water partition coefficient (Wildman–Crippen LogP) is 5.07. The number of aromatic nitrogens is 2. The molecule has 5 aromatic rings. The Morgan fingerprint density at radius 3 is 2.32 bits per heavy atom. The third kappa shape index (κ3) is 3.62. The average molecular weight is 407 g/mol. The van der Waals surface area contributed by atoms with Crippen molar-refractivity contribution < 1.29 is 14.3 Å². The van der Waals surface area contributed by atoms with E-state index in [1.54, 1.807) is 30.3 Å². The van der Waals surface area contributed by atoms with Crippen molar-refractivity contribution in [2.24, 2.45) is 5.73 Å². The Hall–Kier alpha value is -4.45. The number of ketones is 1. The van der Waals surface area contributed by atoms with Gasteiger partial charge in [-0.3, -0.25) is 4.79 Å². The maximum absolute atomic E-state index is 12.9. The molecule has 0 saturated carbocycles. The standard InChI is InChI=1S/C25H17N3O3/c26-25(30)31-20-11-12-21-22(14-20)28-24(27-21)17-8-6-16(7-9-17)23(29)19-10-5-15-3-1-2-4-18(15)13-19/h1-14H,(H2,26,30)(H,27,28). The number of aromatic amines is 1. The van der Waals surface area contributed by atoms with Crippen LogP contribution in [0.5, 0.6) is 5.75 Å². The highest BCUT2D eigenvalue weighted by molar-refractivity contribution is 6.10. The summed E-state index contributed by atoms with van der Waals surface area (Å²) in [5, 5.41) is 2.13. The number of imidazole rings is 1. The van der Waals surface area contributed by atoms with Gasteiger partial charge in [0.15, 0.2) is 5.78 Å². The fraction of sp³-hybridized carbons (Fsp3) is 0. The number of amides is 1. The van der Waals surface area contributed by atoms with Gasteiger partial charge in [0.2, 0.25) is 0 Å². The zero-order valence-electron chi connectivity index (χ0n) is 16.3. The molecule has 31 heavy (non-hydrogen) atoms. The molecule has 0 aliphatic heterocycles. The van der Waals surface area contributed by atoms with E-state index in [4.69, 9.17) is 10.5 Å². The number of nitrogens with zero attached hydrogens (tertiary/aromatic N) is 1. The first-order valence-corrected chi connectivity index (χ1v) is 9.68. The molecule has 0 unspecified atom stereocenters. The number of nitrogens with two attached hydrogens (primary N) is 1. The lowest BCUT2D eigenvalue weighted by molar-refractivity contribution is 0.103. The molecule has 1 heterocycles. The van der Waals surface area contributed by atoms with E-state index in [9.17, 15) is 9.59 Å². The number of H-pyrrole nitrogens is 1. The molecular formula is C25H17N3O3. The van der Waals surface area contributed by atoms with Gasteiger partial charge in [-0.05, 0) is 29.0 Å². The highest BCUT2D eigenvalue weighted by Gasteiger charge is 2.12. The fourth-order valence-corrected chi connectivity index (χ4v) is 3.58. The predicted molar refractivity (Wildman–Crippen MR) is 119 cm³/mol. The first-order chi connectivity index (χ1) is 15.1. The molecule has 6 nitrogen and oxygen atoms in total. The normalized spacial score (nSPS) is 11.0. The summed E-state index contributed by atoms with van der Waals surface area (Å²) in [5.74, 6) is 0.945. The molecule has 0 fully saturated rings. The highest BCUT2D eigenvalue weighted by Crippen LogP contribution is 2.25. The lowest BCUT2D eigenvalue weighted by atomic mass is 9.99. The Bertz CT molecular complexity index is 1450. The van der Waals surface area contributed by atoms with Crippen LogP contribution < -0.4 is 10.5 Å². The van der Waals surface area contributed by atoms with E-state index >= 15 is 0 Å². The lowest BCUT2D eigenvalue weighted by Crippen LogP contribution is -2.16. The summed E-state index contributed by atoms with van der Waals surface area (Å²) in [7, 11) is 0. The molecule has 0 saturated heterocycles. The van der Waals surface area contributed by atoms with Crippen molar-refractivity contribution in [1.29, 1.82) is 0 Å². The smallest absolute Gasteiger partial charge is 0.409 e. The molecule has 0 bridgehead atoms. The molecule has 0 spiro atoms. The van der Waals surface area contributed by atoms with Gasteiger partial charge in [0.1, 0.15) is 11.6 Å². The topological polar surface area (TPSA) is 98.1 Å². The first kappa shape index (κ1) is 18.6. The van der Waals surface area contributed by atoms with Crippen LogP contribution in [0.4, 0.5) is 4.79 Å². The molecule has 5 rings (SSSR count). The summed E-state index contributed by atoms with van der Waals surface area (Å²) < 4.78 is 4.90. The summed E-state index contributed by atoms with van der Waals surface area (Å²) in [6.45, 7) is 0. The Balaban J connectivity index is 1.42. The van der Waals surface area contributed by atoms with Crippen LogP contribution in [0.1, 0.15) is 15.9 Å². The zero-order valence-corrected chi connectivity index (χ0v) is 16.3. The van der Waals surface area contributed by atoms with Gasteiger partial charge < -0.3 is 15.5 Å². The minimum absolute atomic E-state index is 0.0323. The largest absolute Gasteiger partial charge is 0.410 e. The SMILES string of the molecule is NC(=O)Oc1ccc2[nH]c(-c3ccc(C(=O)c4ccc5ccccc5c4)cc3)nc2c1. The lowest BCUT2D eigenvalue weighted by Gasteiger charge is -2.04. The second kappa shape index (κ2) is 7.42. The van der Waals surface area contributed by atoms with Crippen LogP contribution in [-0.4, -0.2) is 21.8 Å². The molecule has 0 aliphatic carbocycles. The van der Waals surface area contributed by atoms with Crippen molar-refractivity contribution in [3.05, 3.63) is 96.1 Å². The highest BCUT2D eigenvalue weighted by atomic mass is 16.5. The molecule has 6 heteroatoms. The Kier molecular flexibility index (Phi) is 4.45. The fourth-order valence-electron chi connectivity index (χ4n) is 3.58. The monoisotopic (exact) mass is 407 g/mol. The Morgan fingerprint density at radius 1 is 0.806 bits per heavy atom. The van der Waals surface area contributed by atoms with E-state index in [1.807, 2.05) is 54.6 Å². The van der Waals surface area contributed by atoms with Gasteiger partial charge >= 0.3 is 6.09 Å². The van der Waals surface area contributed by atoms with Crippen LogP contribution in [0.15, 0.2) is 84.9 Å². The zero-order chi connectivity index (χ0) is 21.4. The van der Waals surface area contributed by atoms with Crippen molar-refractivity contribution >= 4 is 33.7 Å². The number of fused-ring (bicyclic) bond motifs is 2. The van der Waals surface area contributed by atoms with E-state index in [0.717, 1.165) is 21.9 Å². The van der Waals surface area contributed by atoms with E-state index in [1.165, 1.54) is 0 Å². The number of hydrogen-bond donors (Lipinski definition) is 2. The van der Waals surface area contributed by atoms with Crippen LogP contribution >= 0.6 is 0 Å². The Labute approximate surface area is 177 Å². The first-order valence-electron chi connectivity index (χ1n) is 9.68. The third-order valence-electron chi connectivity index (χ3n) is 5.11. The molecule has 4 aromatic carbocycles. The summed E-state index contributed by atoms with van der Waals surface area (Å²) in [6.07, 6.45) is -0.873. The van der Waals surface area contributed by atoms with Gasteiger partial charge in [0.25, 0.3) is 0 Å². The number of ether oxygens (including phenoxy) is 1. The second-order valence-electron chi connectivity index (χ2n) is 7.15. The summed E-state index contributed by atoms with van der Waals surface area (Å²) >= 11 is 0. The minimum atomic E-state index is -0.873. The van der Waals surface area contributed by atoms with Crippen molar-refractivity contribution in [2.75, 3.05) is 0 Å². The van der Waals surface area contributed by atoms with Crippen molar-refractivity contribution in [3.63, 3.8) is 0 Å². The van der Waals surface area contributed by atoms with Gasteiger partial charge in [-0.15, -0.1) is 0 Å². The number of rotatable bonds is 4.